The van der Waals surface area contributed by atoms with E-state index in [-0.39, 0.29) is 30.4 Å². The van der Waals surface area contributed by atoms with Gasteiger partial charge in [0, 0.05) is 18.2 Å². The molecule has 1 saturated carbocycles. The Hall–Kier alpha value is -2.08. The first-order valence-electron chi connectivity index (χ1n) is 8.51. The molecule has 1 unspecified atom stereocenters. The summed E-state index contributed by atoms with van der Waals surface area (Å²) in [6.07, 6.45) is 4.05. The van der Waals surface area contributed by atoms with Crippen LogP contribution in [0.5, 0.6) is 5.75 Å². The van der Waals surface area contributed by atoms with E-state index in [0.717, 1.165) is 37.1 Å². The maximum absolute atomic E-state index is 12.1. The summed E-state index contributed by atoms with van der Waals surface area (Å²) >= 11 is 0. The van der Waals surface area contributed by atoms with Crippen molar-refractivity contribution in [2.75, 3.05) is 31.7 Å². The fourth-order valence-corrected chi connectivity index (χ4v) is 3.31. The van der Waals surface area contributed by atoms with E-state index < -0.39 is 0 Å². The first-order chi connectivity index (χ1) is 11.7. The molecule has 1 aliphatic heterocycles. The molecule has 1 heterocycles. The van der Waals surface area contributed by atoms with Gasteiger partial charge < -0.3 is 19.7 Å². The number of anilines is 1. The third kappa shape index (κ3) is 3.87. The number of carbonyl (C=O) groups excluding carboxylic acids is 2. The first-order valence-corrected chi connectivity index (χ1v) is 8.51. The van der Waals surface area contributed by atoms with Crippen LogP contribution in [-0.2, 0) is 14.3 Å². The molecule has 0 radical (unpaired) electrons. The molecular weight excluding hydrogens is 308 g/mol. The van der Waals surface area contributed by atoms with Gasteiger partial charge in [-0.1, -0.05) is 12.8 Å². The first kappa shape index (κ1) is 16.8. The molecule has 130 valence electrons. The van der Waals surface area contributed by atoms with Gasteiger partial charge in [-0.15, -0.1) is 0 Å². The summed E-state index contributed by atoms with van der Waals surface area (Å²) in [4.78, 5) is 25.9. The van der Waals surface area contributed by atoms with Crippen LogP contribution in [0.3, 0.4) is 0 Å². The predicted molar refractivity (Wildman–Crippen MR) is 90.1 cm³/mol. The molecule has 0 aromatic heterocycles. The quantitative estimate of drug-likeness (QED) is 0.892. The van der Waals surface area contributed by atoms with Crippen LogP contribution in [0.25, 0.3) is 0 Å². The number of methoxy groups -OCH3 is 1. The van der Waals surface area contributed by atoms with E-state index in [0.29, 0.717) is 13.1 Å². The summed E-state index contributed by atoms with van der Waals surface area (Å²) < 4.78 is 10.7. The van der Waals surface area contributed by atoms with Crippen LogP contribution in [0.1, 0.15) is 25.7 Å². The number of rotatable bonds is 5. The maximum Gasteiger partial charge on any atom is 0.253 e. The van der Waals surface area contributed by atoms with Crippen molar-refractivity contribution in [3.63, 3.8) is 0 Å². The fourth-order valence-electron chi connectivity index (χ4n) is 3.31. The number of hydrogen-bond donors (Lipinski definition) is 1. The Morgan fingerprint density at radius 1 is 1.29 bits per heavy atom. The Labute approximate surface area is 142 Å². The van der Waals surface area contributed by atoms with Crippen LogP contribution >= 0.6 is 0 Å². The summed E-state index contributed by atoms with van der Waals surface area (Å²) in [5.74, 6) is 0.940. The number of ether oxygens (including phenoxy) is 2. The number of morpholine rings is 1. The molecule has 1 saturated heterocycles. The van der Waals surface area contributed by atoms with Crippen molar-refractivity contribution in [2.24, 2.45) is 5.92 Å². The van der Waals surface area contributed by atoms with Crippen molar-refractivity contribution in [3.05, 3.63) is 24.3 Å². The van der Waals surface area contributed by atoms with Crippen LogP contribution in [0.2, 0.25) is 0 Å². The van der Waals surface area contributed by atoms with E-state index in [4.69, 9.17) is 9.47 Å². The van der Waals surface area contributed by atoms with E-state index in [1.807, 2.05) is 24.3 Å². The third-order valence-electron chi connectivity index (χ3n) is 4.74. The minimum Gasteiger partial charge on any atom is -0.497 e. The molecule has 2 amide bonds. The topological polar surface area (TPSA) is 67.9 Å². The number of carbonyl (C=O) groups is 2. The second-order valence-electron chi connectivity index (χ2n) is 6.36. The summed E-state index contributed by atoms with van der Waals surface area (Å²) in [7, 11) is 1.61. The van der Waals surface area contributed by atoms with E-state index in [2.05, 4.69) is 5.32 Å². The summed E-state index contributed by atoms with van der Waals surface area (Å²) in [5.41, 5.74) is 0.816. The molecule has 2 aliphatic rings. The molecule has 24 heavy (non-hydrogen) atoms. The highest BCUT2D eigenvalue weighted by molar-refractivity contribution is 5.95. The number of nitrogens with one attached hydrogen (secondary N) is 1. The molecule has 6 heteroatoms. The summed E-state index contributed by atoms with van der Waals surface area (Å²) in [5, 5.41) is 2.98. The molecule has 2 fully saturated rings. The minimum absolute atomic E-state index is 0.0377. The van der Waals surface area contributed by atoms with Gasteiger partial charge in [-0.25, -0.2) is 0 Å². The van der Waals surface area contributed by atoms with Gasteiger partial charge in [0.1, 0.15) is 12.4 Å². The SMILES string of the molecule is COc1ccc(N2CC(CNC(=O)C3CCCC3)OCC2=O)cc1. The Balaban J connectivity index is 1.56. The van der Waals surface area contributed by atoms with Crippen LogP contribution < -0.4 is 15.0 Å². The second-order valence-corrected chi connectivity index (χ2v) is 6.36. The lowest BCUT2D eigenvalue weighted by Gasteiger charge is -2.33. The second kappa shape index (κ2) is 7.66. The van der Waals surface area contributed by atoms with Gasteiger partial charge in [-0.05, 0) is 37.1 Å². The largest absolute Gasteiger partial charge is 0.497 e. The van der Waals surface area contributed by atoms with Gasteiger partial charge in [0.2, 0.25) is 5.91 Å². The number of benzene rings is 1. The Kier molecular flexibility index (Phi) is 5.35. The zero-order valence-electron chi connectivity index (χ0n) is 14.0. The smallest absolute Gasteiger partial charge is 0.253 e. The lowest BCUT2D eigenvalue weighted by atomic mass is 10.1. The lowest BCUT2D eigenvalue weighted by molar-refractivity contribution is -0.130. The van der Waals surface area contributed by atoms with Crippen molar-refractivity contribution in [1.29, 1.82) is 0 Å². The third-order valence-corrected chi connectivity index (χ3v) is 4.74. The van der Waals surface area contributed by atoms with E-state index in [1.165, 1.54) is 0 Å². The molecule has 1 atom stereocenters. The highest BCUT2D eigenvalue weighted by Crippen LogP contribution is 2.25. The maximum atomic E-state index is 12.1. The van der Waals surface area contributed by atoms with Crippen LogP contribution in [-0.4, -0.2) is 44.7 Å². The van der Waals surface area contributed by atoms with Crippen molar-refractivity contribution in [2.45, 2.75) is 31.8 Å². The molecule has 0 spiro atoms. The number of nitrogens with zero attached hydrogens (tertiary/aromatic N) is 1. The molecule has 1 aromatic carbocycles. The normalized spacial score (nSPS) is 21.8. The summed E-state index contributed by atoms with van der Waals surface area (Å²) in [6.45, 7) is 0.918. The van der Waals surface area contributed by atoms with Gasteiger partial charge >= 0.3 is 0 Å². The monoisotopic (exact) mass is 332 g/mol. The van der Waals surface area contributed by atoms with Crippen molar-refractivity contribution < 1.29 is 19.1 Å². The van der Waals surface area contributed by atoms with Gasteiger partial charge in [0.15, 0.2) is 0 Å². The lowest BCUT2D eigenvalue weighted by Crippen LogP contribution is -2.51. The highest BCUT2D eigenvalue weighted by atomic mass is 16.5. The minimum atomic E-state index is -0.185. The van der Waals surface area contributed by atoms with Gasteiger partial charge in [0.25, 0.3) is 5.91 Å². The van der Waals surface area contributed by atoms with Gasteiger partial charge in [0.05, 0.1) is 19.8 Å². The zero-order chi connectivity index (χ0) is 16.9. The Morgan fingerprint density at radius 2 is 2.00 bits per heavy atom. The van der Waals surface area contributed by atoms with Crippen LogP contribution in [0.4, 0.5) is 5.69 Å². The molecule has 3 rings (SSSR count). The summed E-state index contributed by atoms with van der Waals surface area (Å²) in [6, 6.07) is 7.37. The highest BCUT2D eigenvalue weighted by Gasteiger charge is 2.29. The van der Waals surface area contributed by atoms with Gasteiger partial charge in [-0.2, -0.15) is 0 Å². The molecule has 1 aliphatic carbocycles. The average Bonchev–Trinajstić information content (AvgIpc) is 3.15. The Bertz CT molecular complexity index is 581. The van der Waals surface area contributed by atoms with E-state index in [9.17, 15) is 9.59 Å². The predicted octanol–water partition coefficient (Wildman–Crippen LogP) is 1.73. The Morgan fingerprint density at radius 3 is 2.67 bits per heavy atom. The fraction of sp³-hybridized carbons (Fsp3) is 0.556. The number of amides is 2. The van der Waals surface area contributed by atoms with Crippen molar-refractivity contribution in [1.82, 2.24) is 5.32 Å². The van der Waals surface area contributed by atoms with E-state index >= 15 is 0 Å². The van der Waals surface area contributed by atoms with E-state index in [1.54, 1.807) is 12.0 Å². The average molecular weight is 332 g/mol. The number of hydrogen-bond acceptors (Lipinski definition) is 4. The molecule has 6 nitrogen and oxygen atoms in total. The molecule has 1 aromatic rings. The van der Waals surface area contributed by atoms with Crippen molar-refractivity contribution >= 4 is 17.5 Å². The van der Waals surface area contributed by atoms with Crippen molar-refractivity contribution in [3.8, 4) is 5.75 Å². The standard InChI is InChI=1S/C18H24N2O4/c1-23-15-8-6-14(7-9-15)20-11-16(24-12-17(20)21)10-19-18(22)13-4-2-3-5-13/h6-9,13,16H,2-5,10-12H2,1H3,(H,19,22). The zero-order valence-corrected chi connectivity index (χ0v) is 14.0. The van der Waals surface area contributed by atoms with Crippen LogP contribution in [0.15, 0.2) is 24.3 Å². The van der Waals surface area contributed by atoms with Crippen LogP contribution in [0, 0.1) is 5.92 Å². The molecule has 1 N–H and O–H groups in total. The molecule has 0 bridgehead atoms. The van der Waals surface area contributed by atoms with Gasteiger partial charge in [-0.3, -0.25) is 9.59 Å². The molecular formula is C18H24N2O4.